The van der Waals surface area contributed by atoms with E-state index in [1.807, 2.05) is 48.7 Å². The molecule has 3 heterocycles. The highest BCUT2D eigenvalue weighted by molar-refractivity contribution is 5.77. The van der Waals surface area contributed by atoms with E-state index in [0.29, 0.717) is 29.8 Å². The van der Waals surface area contributed by atoms with E-state index in [9.17, 15) is 9.90 Å². The Morgan fingerprint density at radius 2 is 1.61 bits per heavy atom. The van der Waals surface area contributed by atoms with Gasteiger partial charge < -0.3 is 9.52 Å². The van der Waals surface area contributed by atoms with Crippen molar-refractivity contribution in [1.82, 2.24) is 14.4 Å². The summed E-state index contributed by atoms with van der Waals surface area (Å²) in [6, 6.07) is 27.1. The number of aromatic nitrogens is 3. The number of hydrogen-bond acceptors (Lipinski definition) is 5. The zero-order valence-electron chi connectivity index (χ0n) is 19.7. The maximum absolute atomic E-state index is 11.5. The summed E-state index contributed by atoms with van der Waals surface area (Å²) in [6.07, 6.45) is 2.86. The van der Waals surface area contributed by atoms with Crippen molar-refractivity contribution in [3.8, 4) is 17.1 Å². The van der Waals surface area contributed by atoms with E-state index in [-0.39, 0.29) is 11.5 Å². The standard InChI is InChI=1S/C30H23N3O3/c1-19-7-10-22(11-8-19)26-18-33-29(24(31-26)16-20-5-3-2-4-6-20)32-25(30(33)35)17-21-9-13-27-23(15-21)12-14-28(34)36-27/h2-15,18,35H,16-17H2,1H3. The molecule has 0 fully saturated rings. The first-order valence-corrected chi connectivity index (χ1v) is 11.8. The van der Waals surface area contributed by atoms with Gasteiger partial charge in [-0.05, 0) is 36.2 Å². The van der Waals surface area contributed by atoms with Gasteiger partial charge in [0.2, 0.25) is 5.88 Å². The first kappa shape index (κ1) is 21.8. The van der Waals surface area contributed by atoms with Gasteiger partial charge in [-0.1, -0.05) is 66.2 Å². The van der Waals surface area contributed by atoms with Gasteiger partial charge in [-0.15, -0.1) is 0 Å². The van der Waals surface area contributed by atoms with E-state index < -0.39 is 0 Å². The molecule has 0 bridgehead atoms. The predicted molar refractivity (Wildman–Crippen MR) is 139 cm³/mol. The van der Waals surface area contributed by atoms with Crippen LogP contribution in [0.2, 0.25) is 0 Å². The zero-order chi connectivity index (χ0) is 24.6. The zero-order valence-corrected chi connectivity index (χ0v) is 19.7. The van der Waals surface area contributed by atoms with Gasteiger partial charge in [0.05, 0.1) is 11.4 Å². The van der Waals surface area contributed by atoms with E-state index in [0.717, 1.165) is 33.5 Å². The summed E-state index contributed by atoms with van der Waals surface area (Å²) in [7, 11) is 0. The Hall–Kier alpha value is -4.71. The molecule has 6 heteroatoms. The third-order valence-electron chi connectivity index (χ3n) is 6.34. The fourth-order valence-electron chi connectivity index (χ4n) is 4.46. The van der Waals surface area contributed by atoms with Crippen LogP contribution in [0, 0.1) is 6.92 Å². The van der Waals surface area contributed by atoms with Crippen LogP contribution in [-0.4, -0.2) is 19.5 Å². The number of aryl methyl sites for hydroxylation is 1. The molecule has 36 heavy (non-hydrogen) atoms. The Morgan fingerprint density at radius 3 is 2.42 bits per heavy atom. The van der Waals surface area contributed by atoms with Crippen molar-refractivity contribution < 1.29 is 9.52 Å². The second-order valence-electron chi connectivity index (χ2n) is 8.98. The fraction of sp³-hybridized carbons (Fsp3) is 0.100. The van der Waals surface area contributed by atoms with Crippen LogP contribution in [0.15, 0.2) is 100 Å². The Labute approximate surface area is 207 Å². The summed E-state index contributed by atoms with van der Waals surface area (Å²) in [5, 5.41) is 12.0. The molecule has 0 aliphatic rings. The number of nitrogens with zero attached hydrogens (tertiary/aromatic N) is 3. The molecule has 0 amide bonds. The molecule has 3 aromatic carbocycles. The minimum absolute atomic E-state index is 0.0924. The largest absolute Gasteiger partial charge is 0.493 e. The van der Waals surface area contributed by atoms with E-state index in [1.165, 1.54) is 11.6 Å². The average molecular weight is 474 g/mol. The molecule has 0 atom stereocenters. The second-order valence-corrected chi connectivity index (χ2v) is 8.98. The van der Waals surface area contributed by atoms with Crippen LogP contribution in [0.5, 0.6) is 5.88 Å². The maximum Gasteiger partial charge on any atom is 0.336 e. The third-order valence-corrected chi connectivity index (χ3v) is 6.34. The minimum atomic E-state index is -0.379. The van der Waals surface area contributed by atoms with Crippen LogP contribution >= 0.6 is 0 Å². The summed E-state index contributed by atoms with van der Waals surface area (Å²) >= 11 is 0. The van der Waals surface area contributed by atoms with Crippen molar-refractivity contribution in [3.63, 3.8) is 0 Å². The monoisotopic (exact) mass is 473 g/mol. The van der Waals surface area contributed by atoms with E-state index in [4.69, 9.17) is 14.4 Å². The molecule has 0 saturated carbocycles. The number of aromatic hydroxyl groups is 1. The quantitative estimate of drug-likeness (QED) is 0.325. The Morgan fingerprint density at radius 1 is 0.833 bits per heavy atom. The van der Waals surface area contributed by atoms with Gasteiger partial charge >= 0.3 is 5.63 Å². The number of rotatable bonds is 5. The maximum atomic E-state index is 11.5. The summed E-state index contributed by atoms with van der Waals surface area (Å²) < 4.78 is 6.97. The SMILES string of the molecule is Cc1ccc(-c2cn3c(O)c(Cc4ccc5oc(=O)ccc5c4)nc3c(Cc3ccccc3)n2)cc1. The average Bonchev–Trinajstić information content (AvgIpc) is 3.20. The lowest BCUT2D eigenvalue weighted by Gasteiger charge is -2.09. The van der Waals surface area contributed by atoms with Crippen LogP contribution in [0.25, 0.3) is 27.9 Å². The van der Waals surface area contributed by atoms with Gasteiger partial charge in [0, 0.05) is 36.1 Å². The summed E-state index contributed by atoms with van der Waals surface area (Å²) in [5.41, 5.74) is 7.12. The number of hydrogen-bond donors (Lipinski definition) is 1. The molecule has 6 aromatic rings. The fourth-order valence-corrected chi connectivity index (χ4v) is 4.46. The summed E-state index contributed by atoms with van der Waals surface area (Å²) in [6.45, 7) is 2.05. The smallest absolute Gasteiger partial charge is 0.336 e. The van der Waals surface area contributed by atoms with Gasteiger partial charge in [-0.25, -0.2) is 14.8 Å². The molecule has 0 radical (unpaired) electrons. The van der Waals surface area contributed by atoms with Gasteiger partial charge in [0.25, 0.3) is 0 Å². The molecule has 176 valence electrons. The lowest BCUT2D eigenvalue weighted by atomic mass is 10.1. The molecule has 1 N–H and O–H groups in total. The summed E-state index contributed by atoms with van der Waals surface area (Å²) in [4.78, 5) is 21.3. The topological polar surface area (TPSA) is 80.6 Å². The molecule has 6 rings (SSSR count). The highest BCUT2D eigenvalue weighted by Gasteiger charge is 2.18. The van der Waals surface area contributed by atoms with E-state index >= 15 is 0 Å². The molecular formula is C30H23N3O3. The lowest BCUT2D eigenvalue weighted by Crippen LogP contribution is -2.01. The molecule has 0 aliphatic carbocycles. The van der Waals surface area contributed by atoms with Gasteiger partial charge in [0.1, 0.15) is 11.3 Å². The Bertz CT molecular complexity index is 1770. The number of imidazole rings is 1. The highest BCUT2D eigenvalue weighted by Crippen LogP contribution is 2.29. The van der Waals surface area contributed by atoms with Crippen LogP contribution in [0.4, 0.5) is 0 Å². The Kier molecular flexibility index (Phi) is 5.34. The molecule has 0 aliphatic heterocycles. The summed E-state index contributed by atoms with van der Waals surface area (Å²) in [5.74, 6) is 0.0924. The van der Waals surface area contributed by atoms with E-state index in [1.54, 1.807) is 16.5 Å². The molecule has 3 aromatic heterocycles. The molecule has 0 saturated heterocycles. The van der Waals surface area contributed by atoms with Crippen molar-refractivity contribution >= 4 is 16.6 Å². The van der Waals surface area contributed by atoms with Gasteiger partial charge in [-0.3, -0.25) is 4.40 Å². The van der Waals surface area contributed by atoms with E-state index in [2.05, 4.69) is 31.2 Å². The predicted octanol–water partition coefficient (Wildman–Crippen LogP) is 5.70. The molecular weight excluding hydrogens is 450 g/mol. The lowest BCUT2D eigenvalue weighted by molar-refractivity contribution is 0.442. The highest BCUT2D eigenvalue weighted by atomic mass is 16.4. The first-order valence-electron chi connectivity index (χ1n) is 11.8. The van der Waals surface area contributed by atoms with Crippen LogP contribution in [-0.2, 0) is 12.8 Å². The number of benzene rings is 3. The Balaban J connectivity index is 1.46. The van der Waals surface area contributed by atoms with Crippen LogP contribution < -0.4 is 5.63 Å². The van der Waals surface area contributed by atoms with Crippen molar-refractivity contribution in [1.29, 1.82) is 0 Å². The molecule has 0 spiro atoms. The normalized spacial score (nSPS) is 11.4. The van der Waals surface area contributed by atoms with Crippen LogP contribution in [0.3, 0.4) is 0 Å². The minimum Gasteiger partial charge on any atom is -0.493 e. The van der Waals surface area contributed by atoms with Crippen molar-refractivity contribution in [3.05, 3.63) is 130 Å². The van der Waals surface area contributed by atoms with Crippen molar-refractivity contribution in [2.45, 2.75) is 19.8 Å². The van der Waals surface area contributed by atoms with Gasteiger partial charge in [0.15, 0.2) is 5.65 Å². The van der Waals surface area contributed by atoms with Crippen LogP contribution in [0.1, 0.15) is 28.1 Å². The molecule has 6 nitrogen and oxygen atoms in total. The number of fused-ring (bicyclic) bond motifs is 2. The molecule has 0 unspecified atom stereocenters. The van der Waals surface area contributed by atoms with Gasteiger partial charge in [-0.2, -0.15) is 0 Å². The third kappa shape index (κ3) is 4.14. The second kappa shape index (κ2) is 8.82. The van der Waals surface area contributed by atoms with Crippen molar-refractivity contribution in [2.75, 3.05) is 0 Å². The van der Waals surface area contributed by atoms with Crippen molar-refractivity contribution in [2.24, 2.45) is 0 Å². The first-order chi connectivity index (χ1) is 17.5.